The largest absolute Gasteiger partial charge is 0.365 e. The van der Waals surface area contributed by atoms with Crippen LogP contribution in [0.5, 0.6) is 0 Å². The fourth-order valence-electron chi connectivity index (χ4n) is 6.50. The van der Waals surface area contributed by atoms with E-state index in [1.54, 1.807) is 0 Å². The smallest absolute Gasteiger partial charge is 0.317 e. The number of rotatable bonds is 7. The summed E-state index contributed by atoms with van der Waals surface area (Å²) in [5.74, 6) is 1.46. The number of carbonyl (C=O) groups is 1. The first-order valence-electron chi connectivity index (χ1n) is 15.2. The summed E-state index contributed by atoms with van der Waals surface area (Å²) in [5, 5.41) is 10.5. The van der Waals surface area contributed by atoms with Gasteiger partial charge in [-0.15, -0.1) is 24.8 Å². The third-order valence-electron chi connectivity index (χ3n) is 9.01. The zero-order valence-corrected chi connectivity index (χ0v) is 26.0. The summed E-state index contributed by atoms with van der Waals surface area (Å²) >= 11 is 0. The molecular formula is C30H45Cl2N9O. The van der Waals surface area contributed by atoms with E-state index in [9.17, 15) is 4.79 Å². The number of carbonyl (C=O) groups excluding carboxylic acids is 1. The maximum absolute atomic E-state index is 12.9. The lowest BCUT2D eigenvalue weighted by molar-refractivity contribution is 0.180. The van der Waals surface area contributed by atoms with Crippen LogP contribution in [0.3, 0.4) is 0 Å². The number of nitrogens with two attached hydrogens (primary N) is 1. The SMILES string of the molecule is C[C@@H](NC(=O)N1CCC(Nc2nc(NC3CCC(N)CC3)nc3c2ncn3C2CCCC2)CC1)c1ccccc1.Cl.Cl. The summed E-state index contributed by atoms with van der Waals surface area (Å²) in [4.78, 5) is 29.6. The molecule has 0 unspecified atom stereocenters. The van der Waals surface area contributed by atoms with E-state index in [4.69, 9.17) is 20.7 Å². The minimum Gasteiger partial charge on any atom is -0.365 e. The zero-order valence-electron chi connectivity index (χ0n) is 24.4. The van der Waals surface area contributed by atoms with Crippen LogP contribution in [-0.2, 0) is 0 Å². The minimum absolute atomic E-state index is 0. The van der Waals surface area contributed by atoms with E-state index in [0.29, 0.717) is 37.2 Å². The summed E-state index contributed by atoms with van der Waals surface area (Å²) in [6.45, 7) is 3.42. The van der Waals surface area contributed by atoms with Crippen molar-refractivity contribution in [2.24, 2.45) is 5.73 Å². The lowest BCUT2D eigenvalue weighted by Crippen LogP contribution is -2.47. The molecule has 1 saturated heterocycles. The van der Waals surface area contributed by atoms with Crippen molar-refractivity contribution in [1.29, 1.82) is 0 Å². The number of aromatic nitrogens is 4. The first-order valence-corrected chi connectivity index (χ1v) is 15.2. The van der Waals surface area contributed by atoms with Gasteiger partial charge in [-0.05, 0) is 63.9 Å². The predicted molar refractivity (Wildman–Crippen MR) is 173 cm³/mol. The second kappa shape index (κ2) is 14.6. The number of imidazole rings is 1. The Morgan fingerprint density at radius 3 is 2.26 bits per heavy atom. The van der Waals surface area contributed by atoms with Crippen molar-refractivity contribution in [2.75, 3.05) is 23.7 Å². The van der Waals surface area contributed by atoms with Crippen molar-refractivity contribution in [3.8, 4) is 0 Å². The summed E-state index contributed by atoms with van der Waals surface area (Å²) < 4.78 is 2.26. The van der Waals surface area contributed by atoms with E-state index in [1.165, 1.54) is 25.7 Å². The number of piperidine rings is 1. The van der Waals surface area contributed by atoms with Crippen LogP contribution >= 0.6 is 24.8 Å². The molecule has 0 bridgehead atoms. The number of hydrogen-bond donors (Lipinski definition) is 4. The molecule has 42 heavy (non-hydrogen) atoms. The number of anilines is 2. The highest BCUT2D eigenvalue weighted by atomic mass is 35.5. The number of benzene rings is 1. The van der Waals surface area contributed by atoms with Crippen molar-refractivity contribution in [2.45, 2.75) is 101 Å². The molecular weight excluding hydrogens is 573 g/mol. The van der Waals surface area contributed by atoms with Crippen LogP contribution in [0.1, 0.15) is 88.8 Å². The Balaban J connectivity index is 0.00000202. The molecule has 1 aliphatic heterocycles. The van der Waals surface area contributed by atoms with Crippen LogP contribution in [0, 0.1) is 0 Å². The van der Waals surface area contributed by atoms with Crippen LogP contribution in [0.15, 0.2) is 36.7 Å². The van der Waals surface area contributed by atoms with Crippen molar-refractivity contribution >= 4 is 53.8 Å². The Bertz CT molecular complexity index is 1280. The third-order valence-corrected chi connectivity index (χ3v) is 9.01. The molecule has 5 N–H and O–H groups in total. The summed E-state index contributed by atoms with van der Waals surface area (Å²) in [6, 6.07) is 11.4. The highest BCUT2D eigenvalue weighted by molar-refractivity contribution is 5.86. The van der Waals surface area contributed by atoms with Gasteiger partial charge in [-0.25, -0.2) is 9.78 Å². The van der Waals surface area contributed by atoms with Gasteiger partial charge in [0, 0.05) is 37.3 Å². The molecule has 230 valence electrons. The van der Waals surface area contributed by atoms with Gasteiger partial charge < -0.3 is 31.2 Å². The average Bonchev–Trinajstić information content (AvgIpc) is 3.65. The molecule has 3 aromatic rings. The van der Waals surface area contributed by atoms with Crippen LogP contribution in [-0.4, -0.2) is 61.7 Å². The molecule has 6 rings (SSSR count). The first-order chi connectivity index (χ1) is 19.5. The molecule has 12 heteroatoms. The van der Waals surface area contributed by atoms with Crippen LogP contribution < -0.4 is 21.7 Å². The van der Waals surface area contributed by atoms with Gasteiger partial charge in [0.15, 0.2) is 17.0 Å². The predicted octanol–water partition coefficient (Wildman–Crippen LogP) is 5.81. The van der Waals surface area contributed by atoms with Crippen LogP contribution in [0.2, 0.25) is 0 Å². The fraction of sp³-hybridized carbons (Fsp3) is 0.600. The second-order valence-electron chi connectivity index (χ2n) is 11.9. The van der Waals surface area contributed by atoms with Gasteiger partial charge in [-0.1, -0.05) is 43.2 Å². The van der Waals surface area contributed by atoms with Gasteiger partial charge >= 0.3 is 6.03 Å². The van der Waals surface area contributed by atoms with E-state index in [1.807, 2.05) is 48.5 Å². The average molecular weight is 619 g/mol. The Morgan fingerprint density at radius 2 is 1.57 bits per heavy atom. The molecule has 2 aliphatic carbocycles. The maximum atomic E-state index is 12.9. The number of amides is 2. The van der Waals surface area contributed by atoms with E-state index in [0.717, 1.165) is 61.1 Å². The number of hydrogen-bond acceptors (Lipinski definition) is 7. The van der Waals surface area contributed by atoms with Gasteiger partial charge in [0.1, 0.15) is 0 Å². The normalized spacial score (nSPS) is 22.2. The highest BCUT2D eigenvalue weighted by Crippen LogP contribution is 2.34. The van der Waals surface area contributed by atoms with Crippen molar-refractivity contribution in [3.63, 3.8) is 0 Å². The van der Waals surface area contributed by atoms with E-state index >= 15 is 0 Å². The Kier molecular flexibility index (Phi) is 11.1. The molecule has 2 aromatic heterocycles. The molecule has 2 amide bonds. The number of likely N-dealkylation sites (tertiary alicyclic amines) is 1. The van der Waals surface area contributed by atoms with Gasteiger partial charge in [0.05, 0.1) is 12.4 Å². The molecule has 0 radical (unpaired) electrons. The van der Waals surface area contributed by atoms with E-state index < -0.39 is 0 Å². The topological polar surface area (TPSA) is 126 Å². The fourth-order valence-corrected chi connectivity index (χ4v) is 6.50. The number of nitrogens with zero attached hydrogens (tertiary/aromatic N) is 5. The molecule has 0 spiro atoms. The van der Waals surface area contributed by atoms with Gasteiger partial charge in [0.2, 0.25) is 5.95 Å². The van der Waals surface area contributed by atoms with E-state index in [-0.39, 0.29) is 42.9 Å². The molecule has 1 aromatic carbocycles. The van der Waals surface area contributed by atoms with Crippen molar-refractivity contribution < 1.29 is 4.79 Å². The lowest BCUT2D eigenvalue weighted by atomic mass is 9.92. The maximum Gasteiger partial charge on any atom is 0.317 e. The first kappa shape index (κ1) is 32.1. The zero-order chi connectivity index (χ0) is 27.5. The minimum atomic E-state index is -0.0281. The van der Waals surface area contributed by atoms with E-state index in [2.05, 4.69) is 20.5 Å². The number of nitrogens with one attached hydrogen (secondary N) is 3. The quantitative estimate of drug-likeness (QED) is 0.263. The second-order valence-corrected chi connectivity index (χ2v) is 11.9. The monoisotopic (exact) mass is 617 g/mol. The number of halogens is 2. The van der Waals surface area contributed by atoms with Crippen molar-refractivity contribution in [3.05, 3.63) is 42.2 Å². The van der Waals surface area contributed by atoms with Gasteiger partial charge in [-0.3, -0.25) is 0 Å². The molecule has 1 atom stereocenters. The summed E-state index contributed by atoms with van der Waals surface area (Å²) in [5.41, 5.74) is 8.99. The highest BCUT2D eigenvalue weighted by Gasteiger charge is 2.27. The van der Waals surface area contributed by atoms with Crippen molar-refractivity contribution in [1.82, 2.24) is 29.7 Å². The Hall–Kier alpha value is -2.82. The van der Waals surface area contributed by atoms with Gasteiger partial charge in [-0.2, -0.15) is 9.97 Å². The Morgan fingerprint density at radius 1 is 0.905 bits per heavy atom. The molecule has 10 nitrogen and oxygen atoms in total. The standard InChI is InChI=1S/C30H43N9O.2ClH/c1-20(21-7-3-2-4-8-21)33-30(40)38-17-15-24(16-18-38)34-27-26-28(39(19-32-26)25-9-5-6-10-25)37-29(36-27)35-23-13-11-22(31)12-14-23;;/h2-4,7-8,19-20,22-25H,5-6,9-18,31H2,1H3,(H,33,40)(H2,34,35,36,37);2*1H/t20-,22?,23?;;/m1../s1. The van der Waals surface area contributed by atoms with Crippen LogP contribution in [0.4, 0.5) is 16.6 Å². The molecule has 3 heterocycles. The van der Waals surface area contributed by atoms with Crippen LogP contribution in [0.25, 0.3) is 11.2 Å². The molecule has 3 aliphatic rings. The third kappa shape index (κ3) is 7.38. The summed E-state index contributed by atoms with van der Waals surface area (Å²) in [6.07, 6.45) is 12.6. The molecule has 2 saturated carbocycles. The van der Waals surface area contributed by atoms with Gasteiger partial charge in [0.25, 0.3) is 0 Å². The lowest BCUT2D eigenvalue weighted by Gasteiger charge is -2.33. The number of urea groups is 1. The summed E-state index contributed by atoms with van der Waals surface area (Å²) in [7, 11) is 0. The number of fused-ring (bicyclic) bond motifs is 1. The Labute approximate surface area is 260 Å². The molecule has 3 fully saturated rings.